The van der Waals surface area contributed by atoms with Gasteiger partial charge in [0.25, 0.3) is 0 Å². The predicted molar refractivity (Wildman–Crippen MR) is 94.6 cm³/mol. The molecule has 2 aromatic heterocycles. The van der Waals surface area contributed by atoms with Crippen molar-refractivity contribution in [2.45, 2.75) is 13.5 Å². The molecule has 0 saturated carbocycles. The minimum atomic E-state index is -0.280. The molecule has 7 nitrogen and oxygen atoms in total. The van der Waals surface area contributed by atoms with Gasteiger partial charge < -0.3 is 9.73 Å². The van der Waals surface area contributed by atoms with Crippen molar-refractivity contribution in [1.29, 1.82) is 0 Å². The fourth-order valence-corrected chi connectivity index (χ4v) is 2.98. The Bertz CT molecular complexity index is 1170. The molecule has 0 aliphatic heterocycles. The van der Waals surface area contributed by atoms with Crippen LogP contribution in [-0.4, -0.2) is 20.0 Å². The van der Waals surface area contributed by atoms with Gasteiger partial charge in [0.15, 0.2) is 11.5 Å². The van der Waals surface area contributed by atoms with Crippen LogP contribution in [0.5, 0.6) is 0 Å². The molecule has 25 heavy (non-hydrogen) atoms. The van der Waals surface area contributed by atoms with E-state index in [1.807, 2.05) is 24.3 Å². The molecule has 1 amide bonds. The third kappa shape index (κ3) is 2.59. The van der Waals surface area contributed by atoms with Crippen molar-refractivity contribution in [2.24, 2.45) is 7.05 Å². The molecule has 4 rings (SSSR count). The number of amides is 1. The van der Waals surface area contributed by atoms with Crippen molar-refractivity contribution in [3.8, 4) is 0 Å². The summed E-state index contributed by atoms with van der Waals surface area (Å²) in [5.41, 5.74) is 3.25. The van der Waals surface area contributed by atoms with E-state index in [1.165, 1.54) is 9.13 Å². The summed E-state index contributed by atoms with van der Waals surface area (Å²) in [6.45, 7) is 1.71. The topological polar surface area (TPSA) is 82.1 Å². The maximum absolute atomic E-state index is 12.4. The highest BCUT2D eigenvalue weighted by Gasteiger charge is 2.13. The number of nitrogens with one attached hydrogen (secondary N) is 1. The first-order valence-electron chi connectivity index (χ1n) is 7.84. The van der Waals surface area contributed by atoms with Crippen LogP contribution in [0.4, 0.5) is 5.69 Å². The maximum Gasteiger partial charge on any atom is 0.329 e. The average molecular weight is 336 g/mol. The summed E-state index contributed by atoms with van der Waals surface area (Å²) < 4.78 is 8.41. The van der Waals surface area contributed by atoms with E-state index < -0.39 is 0 Å². The molecule has 0 aliphatic rings. The summed E-state index contributed by atoms with van der Waals surface area (Å²) in [4.78, 5) is 29.0. The van der Waals surface area contributed by atoms with Gasteiger partial charge in [0.05, 0.1) is 11.0 Å². The zero-order valence-corrected chi connectivity index (χ0v) is 13.8. The van der Waals surface area contributed by atoms with Crippen LogP contribution in [0.2, 0.25) is 0 Å². The van der Waals surface area contributed by atoms with Crippen LogP contribution >= 0.6 is 0 Å². The molecule has 7 heteroatoms. The number of hydrogen-bond acceptors (Lipinski definition) is 4. The Kier molecular flexibility index (Phi) is 3.42. The molecule has 4 aromatic rings. The molecule has 0 bridgehead atoms. The maximum atomic E-state index is 12.4. The Hall–Kier alpha value is -3.35. The largest absolute Gasteiger partial charge is 0.441 e. The Morgan fingerprint density at radius 3 is 2.76 bits per heavy atom. The lowest BCUT2D eigenvalue weighted by molar-refractivity contribution is -0.116. The van der Waals surface area contributed by atoms with Gasteiger partial charge in [-0.15, -0.1) is 0 Å². The van der Waals surface area contributed by atoms with Gasteiger partial charge in [0.2, 0.25) is 5.91 Å². The molecule has 126 valence electrons. The van der Waals surface area contributed by atoms with Gasteiger partial charge in [0, 0.05) is 19.7 Å². The van der Waals surface area contributed by atoms with E-state index in [1.54, 1.807) is 32.2 Å². The van der Waals surface area contributed by atoms with E-state index in [-0.39, 0.29) is 18.1 Å². The second-order valence-electron chi connectivity index (χ2n) is 5.88. The Morgan fingerprint density at radius 1 is 1.20 bits per heavy atom. The van der Waals surface area contributed by atoms with Crippen LogP contribution in [0.25, 0.3) is 22.1 Å². The highest BCUT2D eigenvalue weighted by atomic mass is 16.3. The number of rotatable bonds is 3. The second-order valence-corrected chi connectivity index (χ2v) is 5.88. The minimum Gasteiger partial charge on any atom is -0.441 e. The van der Waals surface area contributed by atoms with Crippen molar-refractivity contribution in [1.82, 2.24) is 14.1 Å². The van der Waals surface area contributed by atoms with E-state index in [2.05, 4.69) is 10.3 Å². The molecule has 0 atom stereocenters. The molecule has 0 aliphatic carbocycles. The standard InChI is InChI=1S/C18H16N4O3/c1-11-19-13-9-12(7-8-16(13)25-11)20-17(23)10-22-15-6-4-3-5-14(15)21(2)18(22)24/h3-9H,10H2,1-2H3,(H,20,23). The molecule has 0 radical (unpaired) electrons. The molecular weight excluding hydrogens is 320 g/mol. The first-order chi connectivity index (χ1) is 12.0. The number of imidazole rings is 1. The molecular formula is C18H16N4O3. The van der Waals surface area contributed by atoms with Crippen molar-refractivity contribution < 1.29 is 9.21 Å². The number of aromatic nitrogens is 3. The number of para-hydroxylation sites is 2. The summed E-state index contributed by atoms with van der Waals surface area (Å²) in [7, 11) is 1.69. The van der Waals surface area contributed by atoms with E-state index in [0.29, 0.717) is 22.7 Å². The van der Waals surface area contributed by atoms with Gasteiger partial charge in [-0.1, -0.05) is 12.1 Å². The van der Waals surface area contributed by atoms with Gasteiger partial charge >= 0.3 is 5.69 Å². The summed E-state index contributed by atoms with van der Waals surface area (Å²) in [6, 6.07) is 12.6. The van der Waals surface area contributed by atoms with Crippen molar-refractivity contribution in [3.05, 3.63) is 58.8 Å². The van der Waals surface area contributed by atoms with Crippen LogP contribution in [0.15, 0.2) is 51.7 Å². The van der Waals surface area contributed by atoms with E-state index in [0.717, 1.165) is 11.0 Å². The van der Waals surface area contributed by atoms with Crippen molar-refractivity contribution in [3.63, 3.8) is 0 Å². The van der Waals surface area contributed by atoms with Crippen molar-refractivity contribution >= 4 is 33.7 Å². The minimum absolute atomic E-state index is 0.0595. The highest BCUT2D eigenvalue weighted by molar-refractivity contribution is 5.93. The highest BCUT2D eigenvalue weighted by Crippen LogP contribution is 2.20. The second kappa shape index (κ2) is 5.62. The monoisotopic (exact) mass is 336 g/mol. The number of carbonyl (C=O) groups is 1. The molecule has 0 saturated heterocycles. The van der Waals surface area contributed by atoms with Crippen LogP contribution in [-0.2, 0) is 18.4 Å². The molecule has 1 N–H and O–H groups in total. The number of fused-ring (bicyclic) bond motifs is 2. The normalized spacial score (nSPS) is 11.3. The molecule has 0 unspecified atom stereocenters. The zero-order chi connectivity index (χ0) is 17.6. The fourth-order valence-electron chi connectivity index (χ4n) is 2.98. The van der Waals surface area contributed by atoms with Gasteiger partial charge in [0.1, 0.15) is 12.1 Å². The molecule has 2 heterocycles. The molecule has 0 fully saturated rings. The van der Waals surface area contributed by atoms with E-state index in [4.69, 9.17) is 4.42 Å². The zero-order valence-electron chi connectivity index (χ0n) is 13.8. The van der Waals surface area contributed by atoms with Gasteiger partial charge in [-0.25, -0.2) is 9.78 Å². The number of aryl methyl sites for hydroxylation is 2. The lowest BCUT2D eigenvalue weighted by Gasteiger charge is -2.06. The Morgan fingerprint density at radius 2 is 1.96 bits per heavy atom. The SMILES string of the molecule is Cc1nc2cc(NC(=O)Cn3c(=O)n(C)c4ccccc43)ccc2o1. The summed E-state index contributed by atoms with van der Waals surface area (Å²) in [5, 5.41) is 2.80. The summed E-state index contributed by atoms with van der Waals surface area (Å²) >= 11 is 0. The molecule has 2 aromatic carbocycles. The first kappa shape index (κ1) is 15.2. The third-order valence-electron chi connectivity index (χ3n) is 4.13. The summed E-state index contributed by atoms with van der Waals surface area (Å²) in [5.74, 6) is 0.291. The number of benzene rings is 2. The number of anilines is 1. The quantitative estimate of drug-likeness (QED) is 0.623. The number of carbonyl (C=O) groups excluding carboxylic acids is 1. The van der Waals surface area contributed by atoms with Crippen LogP contribution in [0, 0.1) is 6.92 Å². The van der Waals surface area contributed by atoms with Gasteiger partial charge in [-0.3, -0.25) is 13.9 Å². The van der Waals surface area contributed by atoms with Crippen LogP contribution < -0.4 is 11.0 Å². The van der Waals surface area contributed by atoms with E-state index >= 15 is 0 Å². The summed E-state index contributed by atoms with van der Waals surface area (Å²) in [6.07, 6.45) is 0. The smallest absolute Gasteiger partial charge is 0.329 e. The van der Waals surface area contributed by atoms with Crippen LogP contribution in [0.3, 0.4) is 0 Å². The number of hydrogen-bond donors (Lipinski definition) is 1. The van der Waals surface area contributed by atoms with E-state index in [9.17, 15) is 9.59 Å². The first-order valence-corrected chi connectivity index (χ1v) is 7.84. The Balaban J connectivity index is 1.61. The lowest BCUT2D eigenvalue weighted by atomic mass is 10.3. The lowest BCUT2D eigenvalue weighted by Crippen LogP contribution is -2.28. The van der Waals surface area contributed by atoms with Gasteiger partial charge in [-0.05, 0) is 30.3 Å². The number of nitrogens with zero attached hydrogens (tertiary/aromatic N) is 3. The van der Waals surface area contributed by atoms with Crippen molar-refractivity contribution in [2.75, 3.05) is 5.32 Å². The van der Waals surface area contributed by atoms with Gasteiger partial charge in [-0.2, -0.15) is 0 Å². The average Bonchev–Trinajstić information content (AvgIpc) is 3.07. The third-order valence-corrected chi connectivity index (χ3v) is 4.13. The molecule has 0 spiro atoms. The fraction of sp³-hybridized carbons (Fsp3) is 0.167. The Labute approximate surface area is 142 Å². The number of oxazole rings is 1. The van der Waals surface area contributed by atoms with Crippen LogP contribution in [0.1, 0.15) is 5.89 Å². The predicted octanol–water partition coefficient (Wildman–Crippen LogP) is 2.43.